The first kappa shape index (κ1) is 22.7. The topological polar surface area (TPSA) is 9.72 Å². The third-order valence-corrected chi connectivity index (χ3v) is 15.2. The first-order chi connectivity index (χ1) is 9.93. The average Bonchev–Trinajstić information content (AvgIpc) is 2.24. The molecule has 0 atom stereocenters. The van der Waals surface area contributed by atoms with Crippen LogP contribution in [0.15, 0.2) is 0 Å². The zero-order chi connectivity index (χ0) is 17.8. The van der Waals surface area contributed by atoms with Gasteiger partial charge in [0.15, 0.2) is 0 Å². The molecule has 0 aliphatic heterocycles. The molecule has 0 aliphatic rings. The molecule has 0 heterocycles. The van der Waals surface area contributed by atoms with Gasteiger partial charge in [-0.15, -0.1) is 0 Å². The fourth-order valence-corrected chi connectivity index (χ4v) is 12.5. The van der Waals surface area contributed by atoms with Gasteiger partial charge in [0.1, 0.15) is 0 Å². The Bertz CT molecular complexity index is 229. The molecular weight excluding hydrogens is 380 g/mol. The number of rotatable bonds is 9. The molecule has 0 N–H and O–H groups in total. The Morgan fingerprint density at radius 2 is 0.500 bits per heavy atom. The van der Waals surface area contributed by atoms with Crippen LogP contribution in [0.4, 0.5) is 0 Å². The molecule has 0 unspecified atom stereocenters. The second kappa shape index (κ2) is 9.86. The number of hydrogen-bond donors (Lipinski definition) is 0. The van der Waals surface area contributed by atoms with E-state index in [1.54, 1.807) is 0 Å². The third kappa shape index (κ3) is 5.96. The Hall–Kier alpha value is 0.698. The summed E-state index contributed by atoms with van der Waals surface area (Å²) in [5.41, 5.74) is 0. The second-order valence-electron chi connectivity index (χ2n) is 7.97. The van der Waals surface area contributed by atoms with Crippen LogP contribution >= 0.6 is 0 Å². The van der Waals surface area contributed by atoms with Crippen LogP contribution in [0.25, 0.3) is 0 Å². The summed E-state index contributed by atoms with van der Waals surface area (Å²) in [6, 6.07) is 3.60. The van der Waals surface area contributed by atoms with Crippen molar-refractivity contribution in [2.75, 3.05) is 0 Å². The van der Waals surface area contributed by atoms with Gasteiger partial charge >= 0.3 is 150 Å². The van der Waals surface area contributed by atoms with E-state index in [0.717, 1.165) is 0 Å². The molecule has 134 valence electrons. The first-order valence-corrected chi connectivity index (χ1v) is 12.5. The Kier molecular flexibility index (Phi) is 10.2. The molecule has 0 bridgehead atoms. The minimum absolute atomic E-state index is 0.600. The van der Waals surface area contributed by atoms with Crippen molar-refractivity contribution in [3.8, 4) is 0 Å². The molecule has 0 spiro atoms. The van der Waals surface area contributed by atoms with Gasteiger partial charge in [-0.25, -0.2) is 0 Å². The van der Waals surface area contributed by atoms with Crippen LogP contribution in [-0.4, -0.2) is 66.5 Å². The van der Waals surface area contributed by atoms with Gasteiger partial charge in [0.05, 0.1) is 0 Å². The molecule has 3 nitrogen and oxygen atoms in total. The summed E-state index contributed by atoms with van der Waals surface area (Å²) in [7, 11) is 0. The number of nitrogens with zero attached hydrogens (tertiary/aromatic N) is 3. The van der Waals surface area contributed by atoms with Crippen LogP contribution in [-0.2, 0) is 0 Å². The van der Waals surface area contributed by atoms with Crippen molar-refractivity contribution in [3.05, 3.63) is 0 Å². The van der Waals surface area contributed by atoms with Crippen molar-refractivity contribution in [1.82, 2.24) is 9.18 Å². The van der Waals surface area contributed by atoms with Gasteiger partial charge in [0.2, 0.25) is 0 Å². The van der Waals surface area contributed by atoms with Crippen molar-refractivity contribution in [2.45, 2.75) is 119 Å². The van der Waals surface area contributed by atoms with Crippen molar-refractivity contribution < 1.29 is 0 Å². The van der Waals surface area contributed by atoms with E-state index in [2.05, 4.69) is 92.3 Å². The maximum atomic E-state index is 2.85. The van der Waals surface area contributed by atoms with Crippen LogP contribution in [0.1, 0.15) is 83.1 Å². The van der Waals surface area contributed by atoms with Crippen LogP contribution in [0.3, 0.4) is 0 Å². The van der Waals surface area contributed by atoms with E-state index in [4.69, 9.17) is 0 Å². The monoisotopic (exact) mass is 421 g/mol. The van der Waals surface area contributed by atoms with Gasteiger partial charge < -0.3 is 0 Å². The standard InChI is InChI=1S/3C6H14N.Sb/c3*1-5(2)7-6(3)4;/h3*5-6H,1-4H3;/q3*-1;+3. The van der Waals surface area contributed by atoms with Gasteiger partial charge in [0.25, 0.3) is 0 Å². The summed E-state index contributed by atoms with van der Waals surface area (Å²) < 4.78 is 8.55. The van der Waals surface area contributed by atoms with Gasteiger partial charge in [-0.3, -0.25) is 0 Å². The summed E-state index contributed by atoms with van der Waals surface area (Å²) in [5.74, 6) is 0. The zero-order valence-corrected chi connectivity index (χ0v) is 19.8. The van der Waals surface area contributed by atoms with Crippen molar-refractivity contribution >= 4 is 21.0 Å². The summed E-state index contributed by atoms with van der Waals surface area (Å²) in [6.45, 7) is 28.4. The van der Waals surface area contributed by atoms with Crippen molar-refractivity contribution in [3.63, 3.8) is 0 Å². The Morgan fingerprint density at radius 1 is 0.364 bits per heavy atom. The summed E-state index contributed by atoms with van der Waals surface area (Å²) in [6.07, 6.45) is 0. The normalized spacial score (nSPS) is 13.9. The molecule has 0 amide bonds. The predicted molar refractivity (Wildman–Crippen MR) is 102 cm³/mol. The Labute approximate surface area is 149 Å². The van der Waals surface area contributed by atoms with E-state index in [9.17, 15) is 0 Å². The van der Waals surface area contributed by atoms with E-state index in [-0.39, 0.29) is 0 Å². The quantitative estimate of drug-likeness (QED) is 0.513. The van der Waals surface area contributed by atoms with E-state index in [0.29, 0.717) is 36.3 Å². The summed E-state index contributed by atoms with van der Waals surface area (Å²) in [5, 5.41) is 0. The van der Waals surface area contributed by atoms with Crippen LogP contribution < -0.4 is 0 Å². The van der Waals surface area contributed by atoms with E-state index >= 15 is 0 Å². The molecule has 0 rings (SSSR count). The molecule has 0 fully saturated rings. The van der Waals surface area contributed by atoms with Crippen molar-refractivity contribution in [2.24, 2.45) is 0 Å². The summed E-state index contributed by atoms with van der Waals surface area (Å²) in [4.78, 5) is 0. The minimum atomic E-state index is -1.99. The van der Waals surface area contributed by atoms with Gasteiger partial charge in [-0.1, -0.05) is 0 Å². The Balaban J connectivity index is 6.03. The molecule has 0 aromatic heterocycles. The molecule has 0 saturated carbocycles. The fraction of sp³-hybridized carbons (Fsp3) is 1.00. The molecule has 22 heavy (non-hydrogen) atoms. The molecule has 0 radical (unpaired) electrons. The number of hydrogen-bond acceptors (Lipinski definition) is 3. The van der Waals surface area contributed by atoms with Crippen LogP contribution in [0, 0.1) is 0 Å². The van der Waals surface area contributed by atoms with E-state index in [1.807, 2.05) is 0 Å². The molecule has 0 aliphatic carbocycles. The molecule has 4 heteroatoms. The second-order valence-corrected chi connectivity index (χ2v) is 13.5. The van der Waals surface area contributed by atoms with Crippen LogP contribution in [0.5, 0.6) is 0 Å². The molecular formula is C18H42N3Sb. The zero-order valence-electron chi connectivity index (χ0n) is 17.3. The maximum absolute atomic E-state index is 2.85. The fourth-order valence-electron chi connectivity index (χ4n) is 3.39. The van der Waals surface area contributed by atoms with Crippen molar-refractivity contribution in [1.29, 1.82) is 0 Å². The van der Waals surface area contributed by atoms with Gasteiger partial charge in [-0.2, -0.15) is 0 Å². The Morgan fingerprint density at radius 3 is 0.591 bits per heavy atom. The van der Waals surface area contributed by atoms with Gasteiger partial charge in [-0.05, 0) is 0 Å². The first-order valence-electron chi connectivity index (χ1n) is 9.08. The molecule has 0 saturated heterocycles. The summed E-state index contributed by atoms with van der Waals surface area (Å²) >= 11 is -1.99. The van der Waals surface area contributed by atoms with E-state index < -0.39 is 21.0 Å². The molecule has 0 aromatic rings. The SMILES string of the molecule is CC(C)[N](C(C)C)[Sb]([N](C(C)C)C(C)C)[N](C(C)C)C(C)C. The third-order valence-electron chi connectivity index (χ3n) is 3.79. The van der Waals surface area contributed by atoms with Crippen LogP contribution in [0.2, 0.25) is 0 Å². The predicted octanol–water partition coefficient (Wildman–Crippen LogP) is 4.33. The van der Waals surface area contributed by atoms with Gasteiger partial charge in [0, 0.05) is 0 Å². The molecule has 0 aromatic carbocycles. The average molecular weight is 422 g/mol. The van der Waals surface area contributed by atoms with E-state index in [1.165, 1.54) is 0 Å².